The summed E-state index contributed by atoms with van der Waals surface area (Å²) in [5, 5.41) is 16.0. The minimum absolute atomic E-state index is 0.236. The fraction of sp³-hybridized carbons (Fsp3) is 0.615. The van der Waals surface area contributed by atoms with Gasteiger partial charge in [-0.25, -0.2) is 4.98 Å². The molecule has 2 rings (SSSR count). The minimum Gasteiger partial charge on any atom is -0.396 e. The Morgan fingerprint density at radius 2 is 2.42 bits per heavy atom. The summed E-state index contributed by atoms with van der Waals surface area (Å²) in [6.07, 6.45) is 4.02. The lowest BCUT2D eigenvalue weighted by Crippen LogP contribution is -2.15. The lowest BCUT2D eigenvalue weighted by Gasteiger charge is -2.09. The summed E-state index contributed by atoms with van der Waals surface area (Å²) in [5.74, 6) is 0. The zero-order valence-corrected chi connectivity index (χ0v) is 13.1. The Morgan fingerprint density at radius 1 is 1.58 bits per heavy atom. The summed E-state index contributed by atoms with van der Waals surface area (Å²) >= 11 is 3.42. The Balaban J connectivity index is 2.15. The predicted octanol–water partition coefficient (Wildman–Crippen LogP) is 2.76. The fourth-order valence-electron chi connectivity index (χ4n) is 1.88. The van der Waals surface area contributed by atoms with Crippen LogP contribution in [0.15, 0.2) is 16.6 Å². The Labute approximate surface area is 122 Å². The maximum absolute atomic E-state index is 9.01. The van der Waals surface area contributed by atoms with Crippen molar-refractivity contribution < 1.29 is 5.11 Å². The van der Waals surface area contributed by atoms with Crippen LogP contribution in [0.3, 0.4) is 0 Å². The number of thioether (sulfide) groups is 1. The van der Waals surface area contributed by atoms with E-state index in [-0.39, 0.29) is 6.61 Å². The predicted molar refractivity (Wildman–Crippen MR) is 82.1 cm³/mol. The quantitative estimate of drug-likeness (QED) is 0.581. The summed E-state index contributed by atoms with van der Waals surface area (Å²) in [6, 6.07) is 0. The Kier molecular flexibility index (Phi) is 5.69. The summed E-state index contributed by atoms with van der Waals surface area (Å²) in [4.78, 5) is 5.74. The van der Waals surface area contributed by atoms with Gasteiger partial charge in [0, 0.05) is 30.0 Å². The molecule has 0 fully saturated rings. The molecule has 0 amide bonds. The highest BCUT2D eigenvalue weighted by Crippen LogP contribution is 2.30. The molecule has 1 atom stereocenters. The van der Waals surface area contributed by atoms with Crippen molar-refractivity contribution >= 4 is 28.1 Å². The number of thiazole rings is 1. The molecule has 19 heavy (non-hydrogen) atoms. The molecule has 1 unspecified atom stereocenters. The van der Waals surface area contributed by atoms with Gasteiger partial charge in [-0.2, -0.15) is 0 Å². The molecule has 0 aliphatic rings. The molecule has 0 aliphatic carbocycles. The van der Waals surface area contributed by atoms with Crippen LogP contribution in [0.5, 0.6) is 0 Å². The Bertz CT molecular complexity index is 509. The molecule has 2 N–H and O–H groups in total. The second-order valence-corrected chi connectivity index (χ2v) is 6.84. The number of nitrogens with one attached hydrogen (secondary N) is 1. The molecule has 0 bridgehead atoms. The van der Waals surface area contributed by atoms with E-state index in [2.05, 4.69) is 35.1 Å². The van der Waals surface area contributed by atoms with Gasteiger partial charge < -0.3 is 10.4 Å². The van der Waals surface area contributed by atoms with Gasteiger partial charge in [0.05, 0.1) is 5.69 Å². The van der Waals surface area contributed by atoms with Crippen molar-refractivity contribution in [2.75, 3.05) is 13.2 Å². The number of rotatable bonds is 8. The van der Waals surface area contributed by atoms with Gasteiger partial charge in [-0.3, -0.25) is 4.40 Å². The molecule has 0 aromatic carbocycles. The highest BCUT2D eigenvalue weighted by atomic mass is 32.2. The van der Waals surface area contributed by atoms with E-state index in [1.54, 1.807) is 23.1 Å². The SMILES string of the molecule is CCCNCc1c(SC(C)CCO)nc2sccn12. The first-order valence-corrected chi connectivity index (χ1v) is 8.44. The van der Waals surface area contributed by atoms with Gasteiger partial charge in [0.2, 0.25) is 0 Å². The number of aliphatic hydroxyl groups is 1. The molecule has 6 heteroatoms. The van der Waals surface area contributed by atoms with Crippen LogP contribution in [-0.2, 0) is 6.54 Å². The van der Waals surface area contributed by atoms with E-state index in [0.717, 1.165) is 35.9 Å². The van der Waals surface area contributed by atoms with Crippen molar-refractivity contribution in [1.29, 1.82) is 0 Å². The summed E-state index contributed by atoms with van der Waals surface area (Å²) in [6.45, 7) is 6.41. The molecule has 0 saturated carbocycles. The second-order valence-electron chi connectivity index (χ2n) is 4.54. The van der Waals surface area contributed by atoms with E-state index < -0.39 is 0 Å². The monoisotopic (exact) mass is 299 g/mol. The van der Waals surface area contributed by atoms with Gasteiger partial charge in [0.25, 0.3) is 0 Å². The van der Waals surface area contributed by atoms with Crippen LogP contribution in [0.25, 0.3) is 4.96 Å². The van der Waals surface area contributed by atoms with Crippen LogP contribution < -0.4 is 5.32 Å². The molecule has 2 aromatic rings. The summed E-state index contributed by atoms with van der Waals surface area (Å²) in [5.41, 5.74) is 1.24. The summed E-state index contributed by atoms with van der Waals surface area (Å²) < 4.78 is 2.17. The molecule has 0 spiro atoms. The van der Waals surface area contributed by atoms with Crippen LogP contribution in [0.4, 0.5) is 0 Å². The number of hydrogen-bond acceptors (Lipinski definition) is 5. The zero-order valence-electron chi connectivity index (χ0n) is 11.4. The second kappa shape index (κ2) is 7.28. The van der Waals surface area contributed by atoms with E-state index >= 15 is 0 Å². The standard InChI is InChI=1S/C13H21N3OS2/c1-3-5-14-9-11-12(19-10(2)4-7-17)15-13-16(11)6-8-18-13/h6,8,10,14,17H,3-5,7,9H2,1-2H3. The van der Waals surface area contributed by atoms with Gasteiger partial charge in [-0.1, -0.05) is 13.8 Å². The van der Waals surface area contributed by atoms with Gasteiger partial charge in [0.15, 0.2) is 4.96 Å². The van der Waals surface area contributed by atoms with Gasteiger partial charge in [-0.15, -0.1) is 23.1 Å². The number of aromatic nitrogens is 2. The molecule has 106 valence electrons. The highest BCUT2D eigenvalue weighted by molar-refractivity contribution is 7.99. The maximum atomic E-state index is 9.01. The third-order valence-corrected chi connectivity index (χ3v) is 4.84. The Hall–Kier alpha value is -0.560. The topological polar surface area (TPSA) is 49.6 Å². The van der Waals surface area contributed by atoms with Crippen molar-refractivity contribution in [3.8, 4) is 0 Å². The van der Waals surface area contributed by atoms with Gasteiger partial charge in [-0.05, 0) is 19.4 Å². The van der Waals surface area contributed by atoms with Crippen molar-refractivity contribution in [2.45, 2.75) is 43.5 Å². The van der Waals surface area contributed by atoms with E-state index in [1.165, 1.54) is 5.69 Å². The van der Waals surface area contributed by atoms with Gasteiger partial charge in [0.1, 0.15) is 5.03 Å². The van der Waals surface area contributed by atoms with Crippen molar-refractivity contribution in [3.05, 3.63) is 17.3 Å². The average molecular weight is 299 g/mol. The Morgan fingerprint density at radius 3 is 3.16 bits per heavy atom. The van der Waals surface area contributed by atoms with Gasteiger partial charge >= 0.3 is 0 Å². The molecule has 0 saturated heterocycles. The molecular formula is C13H21N3OS2. The largest absolute Gasteiger partial charge is 0.396 e. The number of fused-ring (bicyclic) bond motifs is 1. The van der Waals surface area contributed by atoms with E-state index in [4.69, 9.17) is 10.1 Å². The lowest BCUT2D eigenvalue weighted by molar-refractivity contribution is 0.289. The number of aliphatic hydroxyl groups excluding tert-OH is 1. The van der Waals surface area contributed by atoms with Crippen molar-refractivity contribution in [1.82, 2.24) is 14.7 Å². The van der Waals surface area contributed by atoms with Crippen LogP contribution in [0.1, 0.15) is 32.4 Å². The van der Waals surface area contributed by atoms with E-state index in [9.17, 15) is 0 Å². The van der Waals surface area contributed by atoms with Crippen LogP contribution >= 0.6 is 23.1 Å². The maximum Gasteiger partial charge on any atom is 0.194 e. The fourth-order valence-corrected chi connectivity index (χ4v) is 3.72. The molecule has 2 aromatic heterocycles. The van der Waals surface area contributed by atoms with Crippen LogP contribution in [-0.4, -0.2) is 32.9 Å². The molecular weight excluding hydrogens is 278 g/mol. The zero-order chi connectivity index (χ0) is 13.7. The number of imidazole rings is 1. The first kappa shape index (κ1) is 14.8. The average Bonchev–Trinajstić information content (AvgIpc) is 2.92. The molecule has 4 nitrogen and oxygen atoms in total. The number of hydrogen-bond donors (Lipinski definition) is 2. The van der Waals surface area contributed by atoms with Crippen LogP contribution in [0.2, 0.25) is 0 Å². The summed E-state index contributed by atoms with van der Waals surface area (Å²) in [7, 11) is 0. The number of nitrogens with zero attached hydrogens (tertiary/aromatic N) is 2. The third-order valence-electron chi connectivity index (χ3n) is 2.89. The first-order chi connectivity index (χ1) is 9.26. The molecule has 2 heterocycles. The third kappa shape index (κ3) is 3.72. The first-order valence-electron chi connectivity index (χ1n) is 6.69. The van der Waals surface area contributed by atoms with E-state index in [1.807, 2.05) is 0 Å². The van der Waals surface area contributed by atoms with E-state index in [0.29, 0.717) is 5.25 Å². The smallest absolute Gasteiger partial charge is 0.194 e. The highest BCUT2D eigenvalue weighted by Gasteiger charge is 2.15. The minimum atomic E-state index is 0.236. The van der Waals surface area contributed by atoms with Crippen molar-refractivity contribution in [2.24, 2.45) is 0 Å². The normalized spacial score (nSPS) is 13.2. The van der Waals surface area contributed by atoms with Crippen LogP contribution in [0, 0.1) is 0 Å². The van der Waals surface area contributed by atoms with Crippen molar-refractivity contribution in [3.63, 3.8) is 0 Å². The lowest BCUT2D eigenvalue weighted by atomic mass is 10.3. The molecule has 0 aliphatic heterocycles. The molecule has 0 radical (unpaired) electrons.